The maximum atomic E-state index is 14.0. The molecule has 2 aliphatic heterocycles. The Morgan fingerprint density at radius 3 is 2.31 bits per heavy atom. The van der Waals surface area contributed by atoms with Crippen molar-refractivity contribution >= 4 is 40.8 Å². The fraction of sp³-hybridized carbons (Fsp3) is 0.471. The molecule has 0 unspecified atom stereocenters. The second kappa shape index (κ2) is 14.8. The number of β-amino-alcohol motifs (C(OH)–C–C–N with tert-alkyl or cyclic N) is 1. The predicted octanol–water partition coefficient (Wildman–Crippen LogP) is 2.14. The number of rotatable bonds is 10. The first-order valence-corrected chi connectivity index (χ1v) is 16.9. The van der Waals surface area contributed by atoms with E-state index in [1.807, 2.05) is 67.3 Å². The van der Waals surface area contributed by atoms with Crippen molar-refractivity contribution in [1.82, 2.24) is 30.4 Å². The van der Waals surface area contributed by atoms with Gasteiger partial charge in [0.15, 0.2) is 0 Å². The summed E-state index contributed by atoms with van der Waals surface area (Å²) in [5.41, 5.74) is 4.29. The molecular formula is C34H43N7O6S. The minimum atomic E-state index is -0.977. The zero-order chi connectivity index (χ0) is 34.6. The van der Waals surface area contributed by atoms with E-state index in [1.165, 1.54) is 11.1 Å². The van der Waals surface area contributed by atoms with E-state index >= 15 is 0 Å². The van der Waals surface area contributed by atoms with Crippen molar-refractivity contribution in [1.29, 1.82) is 0 Å². The molecule has 256 valence electrons. The number of nitrogens with zero attached hydrogens (tertiary/aromatic N) is 5. The van der Waals surface area contributed by atoms with Crippen molar-refractivity contribution in [2.24, 2.45) is 5.41 Å². The third-order valence-corrected chi connectivity index (χ3v) is 9.72. The summed E-state index contributed by atoms with van der Waals surface area (Å²) in [5, 5.41) is 25.3. The summed E-state index contributed by atoms with van der Waals surface area (Å²) >= 11 is 1.57. The molecule has 2 aliphatic rings. The molecule has 5 rings (SSSR count). The first kappa shape index (κ1) is 34.9. The Hall–Kier alpha value is -4.40. The topological polar surface area (TPSA) is 168 Å². The van der Waals surface area contributed by atoms with E-state index < -0.39 is 41.4 Å². The quantitative estimate of drug-likeness (QED) is 0.250. The van der Waals surface area contributed by atoms with E-state index in [2.05, 4.69) is 20.6 Å². The van der Waals surface area contributed by atoms with Gasteiger partial charge in [-0.15, -0.1) is 11.3 Å². The van der Waals surface area contributed by atoms with Gasteiger partial charge in [0.1, 0.15) is 17.9 Å². The number of carbonyl (C=O) groups excluding carboxylic acids is 3. The Morgan fingerprint density at radius 2 is 1.73 bits per heavy atom. The second-order valence-corrected chi connectivity index (χ2v) is 14.3. The smallest absolute Gasteiger partial charge is 0.317 e. The highest BCUT2D eigenvalue weighted by atomic mass is 32.1. The normalized spacial score (nSPS) is 19.2. The lowest BCUT2D eigenvalue weighted by molar-refractivity contribution is -0.142. The summed E-state index contributed by atoms with van der Waals surface area (Å²) in [4.78, 5) is 66.8. The average Bonchev–Trinajstić information content (AvgIpc) is 3.67. The lowest BCUT2D eigenvalue weighted by Crippen LogP contribution is -2.57. The predicted molar refractivity (Wildman–Crippen MR) is 181 cm³/mol. The fourth-order valence-corrected chi connectivity index (χ4v) is 6.84. The van der Waals surface area contributed by atoms with E-state index in [4.69, 9.17) is 5.11 Å². The highest BCUT2D eigenvalue weighted by molar-refractivity contribution is 7.13. The van der Waals surface area contributed by atoms with Crippen LogP contribution in [0.1, 0.15) is 48.8 Å². The number of benzene rings is 1. The summed E-state index contributed by atoms with van der Waals surface area (Å²) in [7, 11) is 0. The number of hydrogen-bond donors (Lipinski definition) is 4. The number of thiazole rings is 1. The number of aromatic nitrogens is 2. The summed E-state index contributed by atoms with van der Waals surface area (Å²) in [5.74, 6) is -1.48. The lowest BCUT2D eigenvalue weighted by Gasteiger charge is -2.35. The van der Waals surface area contributed by atoms with Gasteiger partial charge in [-0.25, -0.2) is 9.97 Å². The molecule has 13 nitrogen and oxygen atoms in total. The van der Waals surface area contributed by atoms with Gasteiger partial charge in [-0.05, 0) is 35.6 Å². The molecule has 14 heteroatoms. The van der Waals surface area contributed by atoms with Crippen LogP contribution in [0, 0.1) is 12.3 Å². The van der Waals surface area contributed by atoms with E-state index in [9.17, 15) is 24.3 Å². The van der Waals surface area contributed by atoms with Crippen molar-refractivity contribution in [3.8, 4) is 10.4 Å². The van der Waals surface area contributed by atoms with Gasteiger partial charge in [-0.2, -0.15) is 0 Å². The van der Waals surface area contributed by atoms with Crippen molar-refractivity contribution in [3.05, 3.63) is 64.9 Å². The molecular weight excluding hydrogens is 634 g/mol. The largest absolute Gasteiger partial charge is 0.480 e. The highest BCUT2D eigenvalue weighted by Crippen LogP contribution is 2.28. The highest BCUT2D eigenvalue weighted by Gasteiger charge is 2.44. The monoisotopic (exact) mass is 677 g/mol. The summed E-state index contributed by atoms with van der Waals surface area (Å²) in [6.07, 6.45) is 0.687. The Labute approximate surface area is 284 Å². The molecule has 0 bridgehead atoms. The molecule has 0 aliphatic carbocycles. The number of aliphatic carboxylic acids is 1. The molecule has 0 saturated carbocycles. The summed E-state index contributed by atoms with van der Waals surface area (Å²) in [6.45, 7) is 10.1. The van der Waals surface area contributed by atoms with Gasteiger partial charge in [0.25, 0.3) is 5.91 Å². The number of amides is 3. The molecule has 3 aromatic rings. The Kier molecular flexibility index (Phi) is 10.8. The number of anilines is 1. The second-order valence-electron chi connectivity index (χ2n) is 13.4. The number of nitrogens with one attached hydrogen (secondary N) is 2. The number of piperazine rings is 1. The van der Waals surface area contributed by atoms with Crippen LogP contribution in [-0.2, 0) is 20.9 Å². The third kappa shape index (κ3) is 8.35. The van der Waals surface area contributed by atoms with Crippen molar-refractivity contribution in [2.75, 3.05) is 44.2 Å². The Balaban J connectivity index is 1.20. The number of likely N-dealkylation sites (tertiary alicyclic amines) is 1. The van der Waals surface area contributed by atoms with Crippen LogP contribution in [0.5, 0.6) is 0 Å². The van der Waals surface area contributed by atoms with Crippen LogP contribution < -0.4 is 15.5 Å². The van der Waals surface area contributed by atoms with Crippen LogP contribution in [-0.4, -0.2) is 111 Å². The minimum Gasteiger partial charge on any atom is -0.480 e. The van der Waals surface area contributed by atoms with Crippen LogP contribution in [0.2, 0.25) is 0 Å². The van der Waals surface area contributed by atoms with E-state index in [0.717, 1.165) is 21.7 Å². The van der Waals surface area contributed by atoms with Gasteiger partial charge in [-0.3, -0.25) is 24.1 Å². The van der Waals surface area contributed by atoms with Gasteiger partial charge in [-0.1, -0.05) is 45.0 Å². The molecule has 0 spiro atoms. The van der Waals surface area contributed by atoms with Gasteiger partial charge in [0, 0.05) is 51.9 Å². The lowest BCUT2D eigenvalue weighted by atomic mass is 9.85. The van der Waals surface area contributed by atoms with Crippen LogP contribution in [0.4, 0.5) is 5.82 Å². The summed E-state index contributed by atoms with van der Waals surface area (Å²) < 4.78 is 0. The van der Waals surface area contributed by atoms with Crippen LogP contribution in [0.25, 0.3) is 10.4 Å². The van der Waals surface area contributed by atoms with Crippen LogP contribution >= 0.6 is 11.3 Å². The van der Waals surface area contributed by atoms with Gasteiger partial charge >= 0.3 is 5.97 Å². The number of carboxylic acid groups (broad SMARTS) is 1. The Morgan fingerprint density at radius 1 is 1.02 bits per heavy atom. The average molecular weight is 678 g/mol. The number of pyridine rings is 1. The zero-order valence-corrected chi connectivity index (χ0v) is 28.5. The molecule has 2 fully saturated rings. The molecule has 4 heterocycles. The van der Waals surface area contributed by atoms with Crippen molar-refractivity contribution < 1.29 is 29.4 Å². The van der Waals surface area contributed by atoms with Crippen LogP contribution in [0.15, 0.2) is 48.1 Å². The number of aryl methyl sites for hydroxylation is 1. The van der Waals surface area contributed by atoms with Crippen LogP contribution in [0.3, 0.4) is 0 Å². The number of hydrogen-bond acceptors (Lipinski definition) is 10. The summed E-state index contributed by atoms with van der Waals surface area (Å²) in [6, 6.07) is 9.38. The molecule has 2 saturated heterocycles. The fourth-order valence-electron chi connectivity index (χ4n) is 6.03. The molecule has 3 amide bonds. The van der Waals surface area contributed by atoms with E-state index in [1.54, 1.807) is 23.5 Å². The van der Waals surface area contributed by atoms with Gasteiger partial charge in [0.05, 0.1) is 34.3 Å². The standard InChI is InChI=1S/C34H43N7O6S/c1-21-29(48-20-37-21)23-7-5-22(6-8-23)16-36-32(46)26-15-25(42)18-41(26)33(47)30(34(2,3)4)38-31(45)24-9-10-27(35-17-24)40-13-11-39(12-14-40)19-28(43)44/h5-10,17,20,25-26,30,42H,11-16,18-19H2,1-4H3,(H,36,46)(H,38,45)(H,43,44)/t25-,26+,30-/m1/s1. The number of carboxylic acids is 1. The molecule has 4 N–H and O–H groups in total. The minimum absolute atomic E-state index is 0.000985. The maximum absolute atomic E-state index is 14.0. The molecule has 0 radical (unpaired) electrons. The molecule has 3 atom stereocenters. The number of aliphatic hydroxyl groups is 1. The first-order chi connectivity index (χ1) is 22.8. The van der Waals surface area contributed by atoms with E-state index in [0.29, 0.717) is 32.0 Å². The maximum Gasteiger partial charge on any atom is 0.317 e. The SMILES string of the molecule is Cc1ncsc1-c1ccc(CNC(=O)[C@@H]2C[C@@H](O)CN2C(=O)[C@@H](NC(=O)c2ccc(N3CCN(CC(=O)O)CC3)nc2)C(C)(C)C)cc1. The number of aliphatic hydroxyl groups excluding tert-OH is 1. The molecule has 48 heavy (non-hydrogen) atoms. The Bertz CT molecular complexity index is 1610. The molecule has 2 aromatic heterocycles. The van der Waals surface area contributed by atoms with Gasteiger partial charge < -0.3 is 30.6 Å². The molecule has 1 aromatic carbocycles. The first-order valence-electron chi connectivity index (χ1n) is 16.0. The van der Waals surface area contributed by atoms with E-state index in [-0.39, 0.29) is 37.5 Å². The number of carbonyl (C=O) groups is 4. The van der Waals surface area contributed by atoms with Gasteiger partial charge in [0.2, 0.25) is 11.8 Å². The zero-order valence-electron chi connectivity index (χ0n) is 27.7. The third-order valence-electron chi connectivity index (χ3n) is 8.75. The van der Waals surface area contributed by atoms with Crippen molar-refractivity contribution in [3.63, 3.8) is 0 Å². The van der Waals surface area contributed by atoms with Crippen molar-refractivity contribution in [2.45, 2.75) is 58.8 Å².